The monoisotopic (exact) mass is 469 g/mol. The molecule has 5 rings (SSSR count). The number of carbonyl (C=O) groups excluding carboxylic acids is 1. The minimum absolute atomic E-state index is 0.119. The van der Waals surface area contributed by atoms with Crippen molar-refractivity contribution >= 4 is 11.8 Å². The van der Waals surface area contributed by atoms with Crippen LogP contribution in [0, 0.1) is 5.92 Å². The van der Waals surface area contributed by atoms with Gasteiger partial charge < -0.3 is 19.6 Å². The summed E-state index contributed by atoms with van der Waals surface area (Å²) in [6.07, 6.45) is 9.92. The van der Waals surface area contributed by atoms with Crippen LogP contribution in [0.4, 0.5) is 5.82 Å². The van der Waals surface area contributed by atoms with Gasteiger partial charge in [-0.2, -0.15) is 5.10 Å². The molecule has 9 heteroatoms. The molecule has 0 bridgehead atoms. The minimum atomic E-state index is -0.178. The largest absolute Gasteiger partial charge is 0.454 e. The molecule has 34 heavy (non-hydrogen) atoms. The van der Waals surface area contributed by atoms with E-state index < -0.39 is 0 Å². The molecule has 0 unspecified atom stereocenters. The Hall–Kier alpha value is -2.65. The van der Waals surface area contributed by atoms with Crippen LogP contribution in [0.3, 0.4) is 0 Å². The van der Waals surface area contributed by atoms with Crippen molar-refractivity contribution in [2.24, 2.45) is 5.92 Å². The summed E-state index contributed by atoms with van der Waals surface area (Å²) in [5.74, 6) is 2.46. The van der Waals surface area contributed by atoms with Crippen molar-refractivity contribution in [1.29, 1.82) is 0 Å². The van der Waals surface area contributed by atoms with Gasteiger partial charge in [0.2, 0.25) is 0 Å². The predicted molar refractivity (Wildman–Crippen MR) is 127 cm³/mol. The molecule has 2 aliphatic heterocycles. The van der Waals surface area contributed by atoms with Gasteiger partial charge in [-0.25, -0.2) is 4.98 Å². The number of hydroxylamine groups is 2. The van der Waals surface area contributed by atoms with Gasteiger partial charge in [-0.3, -0.25) is 9.48 Å². The van der Waals surface area contributed by atoms with E-state index in [1.54, 1.807) is 11.3 Å². The van der Waals surface area contributed by atoms with Crippen molar-refractivity contribution in [3.8, 4) is 11.5 Å². The molecule has 0 aromatic carbocycles. The van der Waals surface area contributed by atoms with E-state index >= 15 is 0 Å². The normalized spacial score (nSPS) is 20.4. The Kier molecular flexibility index (Phi) is 7.01. The number of anilines is 1. The molecule has 1 N–H and O–H groups in total. The van der Waals surface area contributed by atoms with Crippen LogP contribution in [-0.2, 0) is 14.4 Å². The van der Waals surface area contributed by atoms with Gasteiger partial charge in [0.25, 0.3) is 0 Å². The van der Waals surface area contributed by atoms with Gasteiger partial charge in [0.05, 0.1) is 18.2 Å². The fraction of sp³-hybridized carbons (Fsp3) is 0.640. The molecule has 0 atom stereocenters. The summed E-state index contributed by atoms with van der Waals surface area (Å²) in [4.78, 5) is 21.8. The first kappa shape index (κ1) is 23.1. The van der Waals surface area contributed by atoms with Crippen molar-refractivity contribution in [3.63, 3.8) is 0 Å². The highest BCUT2D eigenvalue weighted by Crippen LogP contribution is 2.40. The number of aromatic nitrogens is 3. The van der Waals surface area contributed by atoms with Crippen molar-refractivity contribution in [2.75, 3.05) is 31.6 Å². The molecular weight excluding hydrogens is 434 g/mol. The Morgan fingerprint density at radius 1 is 1.15 bits per heavy atom. The molecule has 3 aliphatic rings. The van der Waals surface area contributed by atoms with Gasteiger partial charge in [-0.15, -0.1) is 5.06 Å². The maximum absolute atomic E-state index is 11.8. The Morgan fingerprint density at radius 3 is 2.62 bits per heavy atom. The van der Waals surface area contributed by atoms with Gasteiger partial charge in [-0.05, 0) is 44.6 Å². The number of piperidine rings is 1. The standard InChI is InChI=1S/C25H35N5O4/c1-17(2)25(31)34-29-11-6-19(7-12-29)27-23-15-21(5-10-26-23)33-22-16-30(20-3-4-20)28-24(22)18-8-13-32-14-9-18/h5,10,15-20H,3-4,6-9,11-14H2,1-2H3,(H,26,27). The third-order valence-electron chi connectivity index (χ3n) is 6.71. The summed E-state index contributed by atoms with van der Waals surface area (Å²) < 4.78 is 14.0. The van der Waals surface area contributed by atoms with E-state index in [0.717, 1.165) is 61.9 Å². The quantitative estimate of drug-likeness (QED) is 0.612. The summed E-state index contributed by atoms with van der Waals surface area (Å²) in [5, 5.41) is 10.2. The number of pyridine rings is 1. The molecule has 1 aliphatic carbocycles. The molecule has 0 radical (unpaired) electrons. The zero-order chi connectivity index (χ0) is 23.5. The van der Waals surface area contributed by atoms with Gasteiger partial charge >= 0.3 is 5.97 Å². The van der Waals surface area contributed by atoms with Crippen molar-refractivity contribution in [1.82, 2.24) is 19.8 Å². The molecule has 0 amide bonds. The number of nitrogens with zero attached hydrogens (tertiary/aromatic N) is 4. The van der Waals surface area contributed by atoms with Crippen LogP contribution >= 0.6 is 0 Å². The van der Waals surface area contributed by atoms with Crippen molar-refractivity contribution in [3.05, 3.63) is 30.2 Å². The van der Waals surface area contributed by atoms with E-state index in [4.69, 9.17) is 19.4 Å². The molecule has 4 heterocycles. The molecule has 9 nitrogen and oxygen atoms in total. The van der Waals surface area contributed by atoms with Crippen LogP contribution in [0.25, 0.3) is 0 Å². The van der Waals surface area contributed by atoms with E-state index in [0.29, 0.717) is 25.0 Å². The van der Waals surface area contributed by atoms with Crippen molar-refractivity contribution in [2.45, 2.75) is 70.4 Å². The number of nitrogens with one attached hydrogen (secondary N) is 1. The fourth-order valence-corrected chi connectivity index (χ4v) is 4.46. The van der Waals surface area contributed by atoms with Gasteiger partial charge in [-0.1, -0.05) is 13.8 Å². The van der Waals surface area contributed by atoms with E-state index in [2.05, 4.69) is 21.2 Å². The lowest BCUT2D eigenvalue weighted by molar-refractivity contribution is -0.198. The molecule has 3 fully saturated rings. The molecule has 1 saturated carbocycles. The second-order valence-corrected chi connectivity index (χ2v) is 9.87. The second-order valence-electron chi connectivity index (χ2n) is 9.87. The van der Waals surface area contributed by atoms with Crippen LogP contribution < -0.4 is 10.1 Å². The van der Waals surface area contributed by atoms with Gasteiger partial charge in [0, 0.05) is 50.5 Å². The molecular formula is C25H35N5O4. The zero-order valence-electron chi connectivity index (χ0n) is 20.1. The Balaban J connectivity index is 1.21. The average molecular weight is 470 g/mol. The summed E-state index contributed by atoms with van der Waals surface area (Å²) in [6, 6.07) is 4.62. The van der Waals surface area contributed by atoms with E-state index in [1.807, 2.05) is 26.0 Å². The lowest BCUT2D eigenvalue weighted by Crippen LogP contribution is -2.40. The second kappa shape index (κ2) is 10.3. The Morgan fingerprint density at radius 2 is 1.91 bits per heavy atom. The average Bonchev–Trinajstić information content (AvgIpc) is 3.61. The van der Waals surface area contributed by atoms with E-state index in [9.17, 15) is 4.79 Å². The highest BCUT2D eigenvalue weighted by atomic mass is 16.7. The summed E-state index contributed by atoms with van der Waals surface area (Å²) >= 11 is 0. The minimum Gasteiger partial charge on any atom is -0.454 e. The third kappa shape index (κ3) is 5.70. The zero-order valence-corrected chi connectivity index (χ0v) is 20.1. The molecule has 2 aromatic rings. The van der Waals surface area contributed by atoms with Gasteiger partial charge in [0.1, 0.15) is 17.3 Å². The molecule has 2 aromatic heterocycles. The van der Waals surface area contributed by atoms with E-state index in [-0.39, 0.29) is 17.9 Å². The topological polar surface area (TPSA) is 90.7 Å². The first-order valence-corrected chi connectivity index (χ1v) is 12.6. The highest BCUT2D eigenvalue weighted by molar-refractivity contribution is 5.71. The molecule has 2 saturated heterocycles. The Labute approximate surface area is 200 Å². The van der Waals surface area contributed by atoms with Crippen LogP contribution in [0.5, 0.6) is 11.5 Å². The van der Waals surface area contributed by atoms with Crippen LogP contribution in [0.2, 0.25) is 0 Å². The number of rotatable bonds is 8. The van der Waals surface area contributed by atoms with E-state index in [1.165, 1.54) is 12.8 Å². The van der Waals surface area contributed by atoms with Crippen LogP contribution in [0.1, 0.15) is 70.0 Å². The van der Waals surface area contributed by atoms with Gasteiger partial charge in [0.15, 0.2) is 5.75 Å². The predicted octanol–water partition coefficient (Wildman–Crippen LogP) is 4.29. The Bertz CT molecular complexity index is 975. The van der Waals surface area contributed by atoms with Crippen LogP contribution in [0.15, 0.2) is 24.5 Å². The number of ether oxygens (including phenoxy) is 2. The lowest BCUT2D eigenvalue weighted by Gasteiger charge is -2.31. The molecule has 184 valence electrons. The number of hydrogen-bond donors (Lipinski definition) is 1. The highest BCUT2D eigenvalue weighted by Gasteiger charge is 2.30. The maximum Gasteiger partial charge on any atom is 0.327 e. The number of hydrogen-bond acceptors (Lipinski definition) is 8. The maximum atomic E-state index is 11.8. The summed E-state index contributed by atoms with van der Waals surface area (Å²) in [5.41, 5.74) is 1.05. The molecule has 0 spiro atoms. The van der Waals surface area contributed by atoms with Crippen molar-refractivity contribution < 1.29 is 19.1 Å². The summed E-state index contributed by atoms with van der Waals surface area (Å²) in [6.45, 7) is 6.67. The smallest absolute Gasteiger partial charge is 0.327 e. The van der Waals surface area contributed by atoms with Crippen LogP contribution in [-0.4, -0.2) is 58.1 Å². The number of carbonyl (C=O) groups is 1. The SMILES string of the molecule is CC(C)C(=O)ON1CCC(Nc2cc(Oc3cn(C4CC4)nc3C3CCOCC3)ccn2)CC1. The first-order valence-electron chi connectivity index (χ1n) is 12.6. The first-order chi connectivity index (χ1) is 16.5. The summed E-state index contributed by atoms with van der Waals surface area (Å²) in [7, 11) is 0. The third-order valence-corrected chi connectivity index (χ3v) is 6.71. The fourth-order valence-electron chi connectivity index (χ4n) is 4.46. The lowest BCUT2D eigenvalue weighted by atomic mass is 9.96.